The van der Waals surface area contributed by atoms with Crippen LogP contribution in [-0.4, -0.2) is 13.1 Å². The van der Waals surface area contributed by atoms with Crippen LogP contribution in [0.3, 0.4) is 0 Å². The van der Waals surface area contributed by atoms with Gasteiger partial charge in [0.2, 0.25) is 0 Å². The fourth-order valence-corrected chi connectivity index (χ4v) is 2.74. The molecule has 0 rings (SSSR count). The maximum Gasteiger partial charge on any atom is 1.00 e. The molecule has 128 valence electrons. The van der Waals surface area contributed by atoms with Crippen molar-refractivity contribution in [3.8, 4) is 0 Å². The molecule has 0 amide bonds. The standard InChI is InChI=1S/C19H38O2.K.H/c1-3-4-5-6-7-8-9-10-11-12-13-14-15-16-17-18-19(20)21-2;;/h3-18H2,1-2H3;;/q;+1;-1. The molecule has 0 N–H and O–H groups in total. The second-order valence-electron chi connectivity index (χ2n) is 6.28. The Hall–Kier alpha value is 1.11. The minimum atomic E-state index is -0.0651. The normalized spacial score (nSPS) is 10.3. The van der Waals surface area contributed by atoms with E-state index in [-0.39, 0.29) is 58.8 Å². The zero-order valence-electron chi connectivity index (χ0n) is 16.6. The number of unbranched alkanes of at least 4 members (excludes halogenated alkanes) is 14. The van der Waals surface area contributed by atoms with E-state index in [4.69, 9.17) is 0 Å². The molecule has 0 aliphatic carbocycles. The van der Waals surface area contributed by atoms with Crippen LogP contribution in [0.1, 0.15) is 111 Å². The van der Waals surface area contributed by atoms with E-state index in [0.29, 0.717) is 6.42 Å². The van der Waals surface area contributed by atoms with Crippen molar-refractivity contribution in [1.29, 1.82) is 0 Å². The molecule has 22 heavy (non-hydrogen) atoms. The molecule has 2 nitrogen and oxygen atoms in total. The zero-order valence-corrected chi connectivity index (χ0v) is 18.8. The molecule has 0 spiro atoms. The van der Waals surface area contributed by atoms with Gasteiger partial charge in [0.15, 0.2) is 0 Å². The monoisotopic (exact) mass is 338 g/mol. The third-order valence-corrected chi connectivity index (χ3v) is 4.21. The van der Waals surface area contributed by atoms with Crippen LogP contribution < -0.4 is 51.4 Å². The Bertz CT molecular complexity index is 225. The quantitative estimate of drug-likeness (QED) is 0.244. The molecule has 0 aliphatic rings. The van der Waals surface area contributed by atoms with Crippen LogP contribution in [0.25, 0.3) is 0 Å². The molecule has 0 radical (unpaired) electrons. The predicted molar refractivity (Wildman–Crippen MR) is 92.7 cm³/mol. The van der Waals surface area contributed by atoms with E-state index in [9.17, 15) is 4.79 Å². The van der Waals surface area contributed by atoms with Gasteiger partial charge in [-0.15, -0.1) is 0 Å². The summed E-state index contributed by atoms with van der Waals surface area (Å²) in [6.45, 7) is 2.28. The first-order valence-corrected chi connectivity index (χ1v) is 9.38. The SMILES string of the molecule is CCCCCCCCCCCCCCCCCC(=O)OC.[H-].[K+]. The van der Waals surface area contributed by atoms with E-state index >= 15 is 0 Å². The Balaban J connectivity index is -0.00000200. The van der Waals surface area contributed by atoms with Crippen molar-refractivity contribution in [3.05, 3.63) is 0 Å². The summed E-state index contributed by atoms with van der Waals surface area (Å²) in [5.74, 6) is -0.0651. The van der Waals surface area contributed by atoms with Gasteiger partial charge in [-0.3, -0.25) is 4.79 Å². The fourth-order valence-electron chi connectivity index (χ4n) is 2.74. The summed E-state index contributed by atoms with van der Waals surface area (Å²) < 4.78 is 4.63. The number of hydrogen-bond donors (Lipinski definition) is 0. The van der Waals surface area contributed by atoms with E-state index in [1.165, 1.54) is 97.0 Å². The maximum absolute atomic E-state index is 10.9. The molecule has 0 fully saturated rings. The summed E-state index contributed by atoms with van der Waals surface area (Å²) in [5, 5.41) is 0. The summed E-state index contributed by atoms with van der Waals surface area (Å²) in [7, 11) is 1.47. The summed E-state index contributed by atoms with van der Waals surface area (Å²) >= 11 is 0. The average molecular weight is 339 g/mol. The number of methoxy groups -OCH3 is 1. The van der Waals surface area contributed by atoms with E-state index in [0.717, 1.165) is 6.42 Å². The van der Waals surface area contributed by atoms with Gasteiger partial charge >= 0.3 is 57.4 Å². The summed E-state index contributed by atoms with van der Waals surface area (Å²) in [6, 6.07) is 0. The minimum Gasteiger partial charge on any atom is -1.00 e. The van der Waals surface area contributed by atoms with Gasteiger partial charge in [-0.1, -0.05) is 96.8 Å². The topological polar surface area (TPSA) is 26.3 Å². The predicted octanol–water partition coefficient (Wildman–Crippen LogP) is 3.54. The third-order valence-electron chi connectivity index (χ3n) is 4.21. The average Bonchev–Trinajstić information content (AvgIpc) is 2.50. The Morgan fingerprint density at radius 3 is 1.32 bits per heavy atom. The molecule has 0 saturated carbocycles. The van der Waals surface area contributed by atoms with E-state index in [1.807, 2.05) is 0 Å². The number of carbonyl (C=O) groups excluding carboxylic acids is 1. The Kier molecular flexibility index (Phi) is 25.5. The van der Waals surface area contributed by atoms with E-state index in [2.05, 4.69) is 11.7 Å². The smallest absolute Gasteiger partial charge is 1.00 e. The Labute approximate surface area is 183 Å². The van der Waals surface area contributed by atoms with Crippen LogP contribution in [0.4, 0.5) is 0 Å². The maximum atomic E-state index is 10.9. The second kappa shape index (κ2) is 22.1. The molecule has 0 unspecified atom stereocenters. The van der Waals surface area contributed by atoms with Crippen LogP contribution in [0.2, 0.25) is 0 Å². The van der Waals surface area contributed by atoms with Gasteiger partial charge in [0.25, 0.3) is 0 Å². The molecule has 0 aromatic carbocycles. The van der Waals surface area contributed by atoms with Gasteiger partial charge < -0.3 is 6.16 Å². The zero-order chi connectivity index (χ0) is 15.6. The van der Waals surface area contributed by atoms with Gasteiger partial charge in [0, 0.05) is 6.42 Å². The van der Waals surface area contributed by atoms with Crippen molar-refractivity contribution < 1.29 is 62.3 Å². The van der Waals surface area contributed by atoms with Crippen LogP contribution in [0.15, 0.2) is 0 Å². The number of hydrogen-bond acceptors (Lipinski definition) is 2. The Morgan fingerprint density at radius 2 is 1.00 bits per heavy atom. The van der Waals surface area contributed by atoms with Gasteiger partial charge in [-0.2, -0.15) is 0 Å². The number of esters is 1. The third kappa shape index (κ3) is 21.1. The van der Waals surface area contributed by atoms with E-state index in [1.54, 1.807) is 0 Å². The first kappa shape index (κ1) is 25.3. The molecule has 0 aliphatic heterocycles. The van der Waals surface area contributed by atoms with Gasteiger partial charge in [0.1, 0.15) is 0 Å². The van der Waals surface area contributed by atoms with Gasteiger partial charge in [-0.25, -0.2) is 0 Å². The van der Waals surface area contributed by atoms with Crippen molar-refractivity contribution in [2.75, 3.05) is 7.11 Å². The molecule has 3 heteroatoms. The fraction of sp³-hybridized carbons (Fsp3) is 0.947. The molecular weight excluding hydrogens is 299 g/mol. The molecule has 0 saturated heterocycles. The summed E-state index contributed by atoms with van der Waals surface area (Å²) in [4.78, 5) is 10.9. The number of carbonyl (C=O) groups is 1. The number of ether oxygens (including phenoxy) is 1. The largest absolute Gasteiger partial charge is 1.00 e. The molecule has 0 heterocycles. The summed E-state index contributed by atoms with van der Waals surface area (Å²) in [5.41, 5.74) is 0. The van der Waals surface area contributed by atoms with Crippen molar-refractivity contribution in [3.63, 3.8) is 0 Å². The van der Waals surface area contributed by atoms with Crippen molar-refractivity contribution >= 4 is 5.97 Å². The molecule has 0 aromatic heterocycles. The van der Waals surface area contributed by atoms with Gasteiger partial charge in [0.05, 0.1) is 7.11 Å². The molecule has 0 bridgehead atoms. The molecular formula is C19H39KO2. The molecule has 0 aromatic rings. The first-order valence-electron chi connectivity index (χ1n) is 9.38. The van der Waals surface area contributed by atoms with Crippen molar-refractivity contribution in [2.45, 2.75) is 110 Å². The van der Waals surface area contributed by atoms with Crippen molar-refractivity contribution in [2.24, 2.45) is 0 Å². The van der Waals surface area contributed by atoms with Crippen LogP contribution in [-0.2, 0) is 9.53 Å². The van der Waals surface area contributed by atoms with E-state index < -0.39 is 0 Å². The Morgan fingerprint density at radius 1 is 0.682 bits per heavy atom. The minimum absolute atomic E-state index is 0. The second-order valence-corrected chi connectivity index (χ2v) is 6.28. The first-order chi connectivity index (χ1) is 10.3. The van der Waals surface area contributed by atoms with Gasteiger partial charge in [-0.05, 0) is 6.42 Å². The van der Waals surface area contributed by atoms with Crippen LogP contribution in [0.5, 0.6) is 0 Å². The van der Waals surface area contributed by atoms with Crippen LogP contribution in [0, 0.1) is 0 Å². The molecule has 0 atom stereocenters. The number of rotatable bonds is 16. The van der Waals surface area contributed by atoms with Crippen molar-refractivity contribution in [1.82, 2.24) is 0 Å². The summed E-state index contributed by atoms with van der Waals surface area (Å²) in [6.07, 6.45) is 20.9. The van der Waals surface area contributed by atoms with Crippen LogP contribution >= 0.6 is 0 Å².